The molecule has 25 heavy (non-hydrogen) atoms. The number of nitrogens with one attached hydrogen (secondary N) is 2. The molecule has 0 heterocycles. The van der Waals surface area contributed by atoms with E-state index in [4.69, 9.17) is 9.47 Å². The lowest BCUT2D eigenvalue weighted by Crippen LogP contribution is -2.43. The first-order chi connectivity index (χ1) is 12.0. The molecule has 2 rings (SSSR count). The number of hydrogen-bond donors (Lipinski definition) is 2. The predicted octanol–water partition coefficient (Wildman–Crippen LogP) is 1.62. The molecular formula is C18H18N2O5. The number of methoxy groups -OCH3 is 1. The molecule has 0 atom stereocenters. The molecule has 0 radical (unpaired) electrons. The number of ether oxygens (including phenoxy) is 2. The monoisotopic (exact) mass is 342 g/mol. The summed E-state index contributed by atoms with van der Waals surface area (Å²) in [5.41, 5.74) is 5.89. The summed E-state index contributed by atoms with van der Waals surface area (Å²) in [6.45, 7) is 1.28. The number of rotatable bonds is 5. The SMILES string of the molecule is COc1ccc(C)cc1C(=O)OCC(=O)NNC(=O)c1ccccc1. The molecule has 2 amide bonds. The van der Waals surface area contributed by atoms with Crippen LogP contribution in [0.15, 0.2) is 48.5 Å². The maximum Gasteiger partial charge on any atom is 0.342 e. The highest BCUT2D eigenvalue weighted by molar-refractivity contribution is 5.96. The number of benzene rings is 2. The van der Waals surface area contributed by atoms with Crippen molar-refractivity contribution in [2.75, 3.05) is 13.7 Å². The number of esters is 1. The zero-order valence-electron chi connectivity index (χ0n) is 13.9. The van der Waals surface area contributed by atoms with Crippen molar-refractivity contribution in [2.45, 2.75) is 6.92 Å². The fourth-order valence-corrected chi connectivity index (χ4v) is 2.01. The minimum atomic E-state index is -0.690. The first-order valence-corrected chi connectivity index (χ1v) is 7.47. The fourth-order valence-electron chi connectivity index (χ4n) is 2.01. The van der Waals surface area contributed by atoms with Crippen molar-refractivity contribution in [3.05, 3.63) is 65.2 Å². The van der Waals surface area contributed by atoms with Crippen molar-refractivity contribution < 1.29 is 23.9 Å². The Morgan fingerprint density at radius 2 is 1.72 bits per heavy atom. The van der Waals surface area contributed by atoms with E-state index in [-0.39, 0.29) is 5.56 Å². The third-order valence-corrected chi connectivity index (χ3v) is 3.26. The Morgan fingerprint density at radius 3 is 2.40 bits per heavy atom. The maximum absolute atomic E-state index is 12.1. The lowest BCUT2D eigenvalue weighted by molar-refractivity contribution is -0.125. The summed E-state index contributed by atoms with van der Waals surface area (Å²) in [6.07, 6.45) is 0. The van der Waals surface area contributed by atoms with Crippen molar-refractivity contribution in [3.8, 4) is 5.75 Å². The van der Waals surface area contributed by atoms with E-state index >= 15 is 0 Å². The summed E-state index contributed by atoms with van der Waals surface area (Å²) in [5, 5.41) is 0. The minimum absolute atomic E-state index is 0.226. The van der Waals surface area contributed by atoms with Crippen molar-refractivity contribution in [1.29, 1.82) is 0 Å². The van der Waals surface area contributed by atoms with Crippen LogP contribution in [0.3, 0.4) is 0 Å². The summed E-state index contributed by atoms with van der Waals surface area (Å²) in [5.74, 6) is -1.47. The average Bonchev–Trinajstić information content (AvgIpc) is 2.64. The Morgan fingerprint density at radius 1 is 1.00 bits per heavy atom. The summed E-state index contributed by atoms with van der Waals surface area (Å²) < 4.78 is 10.0. The Kier molecular flexibility index (Phi) is 6.11. The largest absolute Gasteiger partial charge is 0.496 e. The molecule has 0 aliphatic carbocycles. The molecule has 7 nitrogen and oxygen atoms in total. The quantitative estimate of drug-likeness (QED) is 0.636. The highest BCUT2D eigenvalue weighted by Crippen LogP contribution is 2.20. The molecule has 2 aromatic carbocycles. The van der Waals surface area contributed by atoms with Crippen LogP contribution >= 0.6 is 0 Å². The summed E-state index contributed by atoms with van der Waals surface area (Å²) in [6, 6.07) is 13.4. The minimum Gasteiger partial charge on any atom is -0.496 e. The molecule has 0 aliphatic rings. The molecule has 130 valence electrons. The van der Waals surface area contributed by atoms with Crippen LogP contribution in [-0.4, -0.2) is 31.5 Å². The molecule has 0 fully saturated rings. The number of carbonyl (C=O) groups excluding carboxylic acids is 3. The second kappa shape index (κ2) is 8.49. The van der Waals surface area contributed by atoms with Crippen LogP contribution in [-0.2, 0) is 9.53 Å². The Balaban J connectivity index is 1.85. The van der Waals surface area contributed by atoms with Gasteiger partial charge in [-0.05, 0) is 31.2 Å². The smallest absolute Gasteiger partial charge is 0.342 e. The van der Waals surface area contributed by atoms with Crippen LogP contribution in [0.5, 0.6) is 5.75 Å². The average molecular weight is 342 g/mol. The van der Waals surface area contributed by atoms with Crippen LogP contribution < -0.4 is 15.6 Å². The zero-order chi connectivity index (χ0) is 18.2. The van der Waals surface area contributed by atoms with Gasteiger partial charge in [-0.25, -0.2) is 4.79 Å². The van der Waals surface area contributed by atoms with Gasteiger partial charge in [0, 0.05) is 5.56 Å². The fraction of sp³-hybridized carbons (Fsp3) is 0.167. The molecule has 0 aromatic heterocycles. The molecule has 0 aliphatic heterocycles. The van der Waals surface area contributed by atoms with E-state index in [9.17, 15) is 14.4 Å². The third-order valence-electron chi connectivity index (χ3n) is 3.26. The molecule has 0 saturated carbocycles. The number of amides is 2. The van der Waals surface area contributed by atoms with Crippen LogP contribution in [0.1, 0.15) is 26.3 Å². The molecular weight excluding hydrogens is 324 g/mol. The normalized spacial score (nSPS) is 9.84. The Labute approximate surface area is 144 Å². The van der Waals surface area contributed by atoms with Gasteiger partial charge in [0.2, 0.25) is 0 Å². The van der Waals surface area contributed by atoms with Crippen molar-refractivity contribution in [3.63, 3.8) is 0 Å². The van der Waals surface area contributed by atoms with Crippen LogP contribution in [0, 0.1) is 6.92 Å². The van der Waals surface area contributed by atoms with Gasteiger partial charge in [-0.2, -0.15) is 0 Å². The molecule has 7 heteroatoms. The van der Waals surface area contributed by atoms with Crippen molar-refractivity contribution in [2.24, 2.45) is 0 Å². The van der Waals surface area contributed by atoms with Gasteiger partial charge in [-0.1, -0.05) is 29.8 Å². The van der Waals surface area contributed by atoms with Gasteiger partial charge in [-0.15, -0.1) is 0 Å². The number of carbonyl (C=O) groups is 3. The van der Waals surface area contributed by atoms with Crippen LogP contribution in [0.4, 0.5) is 0 Å². The highest BCUT2D eigenvalue weighted by atomic mass is 16.5. The van der Waals surface area contributed by atoms with Gasteiger partial charge < -0.3 is 9.47 Å². The van der Waals surface area contributed by atoms with Gasteiger partial charge >= 0.3 is 5.97 Å². The molecule has 0 spiro atoms. The number of hydrazine groups is 1. The van der Waals surface area contributed by atoms with Crippen LogP contribution in [0.25, 0.3) is 0 Å². The van der Waals surface area contributed by atoms with E-state index in [1.807, 2.05) is 6.92 Å². The maximum atomic E-state index is 12.1. The predicted molar refractivity (Wildman–Crippen MR) is 90.1 cm³/mol. The highest BCUT2D eigenvalue weighted by Gasteiger charge is 2.16. The van der Waals surface area contributed by atoms with E-state index in [0.29, 0.717) is 11.3 Å². The van der Waals surface area contributed by atoms with E-state index in [2.05, 4.69) is 10.9 Å². The van der Waals surface area contributed by atoms with Gasteiger partial charge in [0.1, 0.15) is 11.3 Å². The van der Waals surface area contributed by atoms with Gasteiger partial charge in [0.15, 0.2) is 6.61 Å². The van der Waals surface area contributed by atoms with Gasteiger partial charge in [-0.3, -0.25) is 20.4 Å². The summed E-state index contributed by atoms with van der Waals surface area (Å²) in [7, 11) is 1.44. The standard InChI is InChI=1S/C18H18N2O5/c1-12-8-9-15(24-2)14(10-12)18(23)25-11-16(21)19-20-17(22)13-6-4-3-5-7-13/h3-10H,11H2,1-2H3,(H,19,21)(H,20,22). The second-order valence-corrected chi connectivity index (χ2v) is 5.15. The Bertz CT molecular complexity index is 774. The third kappa shape index (κ3) is 5.07. The van der Waals surface area contributed by atoms with Crippen LogP contribution in [0.2, 0.25) is 0 Å². The summed E-state index contributed by atoms with van der Waals surface area (Å²) >= 11 is 0. The van der Waals surface area contributed by atoms with Crippen molar-refractivity contribution in [1.82, 2.24) is 10.9 Å². The van der Waals surface area contributed by atoms with Crippen molar-refractivity contribution >= 4 is 17.8 Å². The summed E-state index contributed by atoms with van der Waals surface area (Å²) in [4.78, 5) is 35.6. The number of aryl methyl sites for hydroxylation is 1. The molecule has 2 aromatic rings. The second-order valence-electron chi connectivity index (χ2n) is 5.15. The van der Waals surface area contributed by atoms with E-state index in [1.165, 1.54) is 7.11 Å². The molecule has 2 N–H and O–H groups in total. The first-order valence-electron chi connectivity index (χ1n) is 7.47. The Hall–Kier alpha value is -3.35. The van der Waals surface area contributed by atoms with E-state index in [0.717, 1.165) is 5.56 Å². The topological polar surface area (TPSA) is 93.7 Å². The lowest BCUT2D eigenvalue weighted by atomic mass is 10.1. The molecule has 0 unspecified atom stereocenters. The van der Waals surface area contributed by atoms with Gasteiger partial charge in [0.05, 0.1) is 7.11 Å². The number of hydrogen-bond acceptors (Lipinski definition) is 5. The van der Waals surface area contributed by atoms with E-state index < -0.39 is 24.4 Å². The lowest BCUT2D eigenvalue weighted by Gasteiger charge is -2.10. The van der Waals surface area contributed by atoms with Gasteiger partial charge in [0.25, 0.3) is 11.8 Å². The molecule has 0 bridgehead atoms. The molecule has 0 saturated heterocycles. The zero-order valence-corrected chi connectivity index (χ0v) is 13.9. The van der Waals surface area contributed by atoms with E-state index in [1.54, 1.807) is 48.5 Å². The first kappa shape index (κ1) is 18.0.